The first-order chi connectivity index (χ1) is 8.72. The Morgan fingerprint density at radius 1 is 1.32 bits per heavy atom. The van der Waals surface area contributed by atoms with Crippen LogP contribution < -0.4 is 5.32 Å². The number of carboxylic acids is 1. The molecular weight excluding hydrogens is 287 g/mol. The smallest absolute Gasteiger partial charge is 0.442 e. The number of carboxylic acid groups (broad SMARTS) is 1. The Morgan fingerprint density at radius 2 is 1.89 bits per heavy atom. The van der Waals surface area contributed by atoms with E-state index in [9.17, 15) is 22.8 Å². The fourth-order valence-corrected chi connectivity index (χ4v) is 2.24. The van der Waals surface area contributed by atoms with E-state index in [2.05, 4.69) is 5.32 Å². The van der Waals surface area contributed by atoms with E-state index in [1.807, 2.05) is 0 Å². The summed E-state index contributed by atoms with van der Waals surface area (Å²) in [5.74, 6) is -2.69. The summed E-state index contributed by atoms with van der Waals surface area (Å²) < 4.78 is 41.0. The van der Waals surface area contributed by atoms with Gasteiger partial charge >= 0.3 is 11.5 Å². The van der Waals surface area contributed by atoms with Crippen molar-refractivity contribution >= 4 is 23.6 Å². The van der Waals surface area contributed by atoms with Gasteiger partial charge in [0.25, 0.3) is 0 Å². The van der Waals surface area contributed by atoms with Gasteiger partial charge in [-0.3, -0.25) is 9.59 Å². The molecule has 2 N–H and O–H groups in total. The number of carbonyl (C=O) groups is 2. The largest absolute Gasteiger partial charge is 0.481 e. The van der Waals surface area contributed by atoms with Gasteiger partial charge in [0.15, 0.2) is 0 Å². The van der Waals surface area contributed by atoms with E-state index in [-0.39, 0.29) is 32.5 Å². The molecule has 0 spiro atoms. The summed E-state index contributed by atoms with van der Waals surface area (Å²) >= 11 is -0.443. The number of thioether (sulfide) groups is 1. The van der Waals surface area contributed by atoms with Crippen LogP contribution in [0.5, 0.6) is 0 Å². The summed E-state index contributed by atoms with van der Waals surface area (Å²) in [6.07, 6.45) is 0.238. The van der Waals surface area contributed by atoms with Crippen LogP contribution in [0.25, 0.3) is 0 Å². The summed E-state index contributed by atoms with van der Waals surface area (Å²) in [5.41, 5.74) is -5.49. The number of aliphatic carboxylic acids is 1. The first-order valence-electron chi connectivity index (χ1n) is 5.54. The Bertz CT molecular complexity index is 342. The molecule has 0 aromatic rings. The van der Waals surface area contributed by atoms with E-state index in [1.54, 1.807) is 0 Å². The number of amides is 1. The minimum Gasteiger partial charge on any atom is -0.481 e. The summed E-state index contributed by atoms with van der Waals surface area (Å²) in [7, 11) is 0. The highest BCUT2D eigenvalue weighted by atomic mass is 32.2. The monoisotopic (exact) mass is 301 g/mol. The number of alkyl halides is 3. The fourth-order valence-electron chi connectivity index (χ4n) is 1.88. The molecule has 0 atom stereocenters. The SMILES string of the molecule is O=C(O)CC1(NC(=O)CSC(F)(F)F)CCOCC1. The Labute approximate surface area is 111 Å². The zero-order chi connectivity index (χ0) is 14.5. The van der Waals surface area contributed by atoms with Crippen LogP contribution in [-0.2, 0) is 14.3 Å². The van der Waals surface area contributed by atoms with Gasteiger partial charge < -0.3 is 15.2 Å². The lowest BCUT2D eigenvalue weighted by Crippen LogP contribution is -2.53. The van der Waals surface area contributed by atoms with Gasteiger partial charge in [-0.25, -0.2) is 0 Å². The molecule has 0 radical (unpaired) electrons. The van der Waals surface area contributed by atoms with E-state index in [0.29, 0.717) is 0 Å². The van der Waals surface area contributed by atoms with Crippen molar-refractivity contribution in [3.05, 3.63) is 0 Å². The number of ether oxygens (including phenoxy) is 1. The van der Waals surface area contributed by atoms with Crippen molar-refractivity contribution in [2.75, 3.05) is 19.0 Å². The molecule has 1 rings (SSSR count). The van der Waals surface area contributed by atoms with Gasteiger partial charge in [0, 0.05) is 13.2 Å². The van der Waals surface area contributed by atoms with Crippen molar-refractivity contribution in [3.63, 3.8) is 0 Å². The molecule has 1 saturated heterocycles. The third-order valence-corrected chi connectivity index (χ3v) is 3.44. The van der Waals surface area contributed by atoms with Crippen LogP contribution in [0.2, 0.25) is 0 Å². The lowest BCUT2D eigenvalue weighted by molar-refractivity contribution is -0.140. The number of hydrogen-bond acceptors (Lipinski definition) is 4. The molecule has 1 amide bonds. The van der Waals surface area contributed by atoms with Gasteiger partial charge in [-0.15, -0.1) is 0 Å². The molecule has 19 heavy (non-hydrogen) atoms. The summed E-state index contributed by atoms with van der Waals surface area (Å²) in [6, 6.07) is 0. The molecule has 110 valence electrons. The van der Waals surface area contributed by atoms with Gasteiger partial charge in [0.05, 0.1) is 17.7 Å². The van der Waals surface area contributed by atoms with Crippen LogP contribution in [0.3, 0.4) is 0 Å². The minimum atomic E-state index is -4.48. The molecule has 1 fully saturated rings. The minimum absolute atomic E-state index is 0.278. The topological polar surface area (TPSA) is 75.6 Å². The standard InChI is InChI=1S/C10H14F3NO4S/c11-10(12,13)19-6-7(15)14-9(5-8(16)17)1-3-18-4-2-9/h1-6H2,(H,14,15)(H,16,17). The third-order valence-electron chi connectivity index (χ3n) is 2.71. The van der Waals surface area contributed by atoms with Crippen molar-refractivity contribution in [2.45, 2.75) is 30.3 Å². The van der Waals surface area contributed by atoms with Crippen LogP contribution in [0, 0.1) is 0 Å². The maximum atomic E-state index is 12.0. The number of hydrogen-bond donors (Lipinski definition) is 2. The number of carbonyl (C=O) groups excluding carboxylic acids is 1. The number of nitrogens with one attached hydrogen (secondary N) is 1. The molecule has 1 aliphatic rings. The molecule has 0 aromatic carbocycles. The predicted molar refractivity (Wildman–Crippen MR) is 61.7 cm³/mol. The van der Waals surface area contributed by atoms with Crippen LogP contribution in [-0.4, -0.2) is 47.0 Å². The Balaban J connectivity index is 2.57. The van der Waals surface area contributed by atoms with Gasteiger partial charge in [-0.05, 0) is 24.6 Å². The van der Waals surface area contributed by atoms with Crippen molar-refractivity contribution in [2.24, 2.45) is 0 Å². The second-order valence-electron chi connectivity index (χ2n) is 4.25. The van der Waals surface area contributed by atoms with Crippen molar-refractivity contribution in [3.8, 4) is 0 Å². The molecule has 0 unspecified atom stereocenters. The molecule has 0 bridgehead atoms. The van der Waals surface area contributed by atoms with E-state index in [1.165, 1.54) is 0 Å². The van der Waals surface area contributed by atoms with Crippen LogP contribution in [0.15, 0.2) is 0 Å². The lowest BCUT2D eigenvalue weighted by atomic mass is 9.86. The predicted octanol–water partition coefficient (Wildman–Crippen LogP) is 1.38. The second-order valence-corrected chi connectivity index (χ2v) is 5.29. The first-order valence-corrected chi connectivity index (χ1v) is 6.52. The zero-order valence-corrected chi connectivity index (χ0v) is 10.8. The Kier molecular flexibility index (Phi) is 5.48. The third kappa shape index (κ3) is 6.15. The normalized spacial score (nSPS) is 18.9. The lowest BCUT2D eigenvalue weighted by Gasteiger charge is -2.36. The summed E-state index contributed by atoms with van der Waals surface area (Å²) in [6.45, 7) is 0.556. The highest BCUT2D eigenvalue weighted by Crippen LogP contribution is 2.30. The van der Waals surface area contributed by atoms with Crippen LogP contribution >= 0.6 is 11.8 Å². The highest BCUT2D eigenvalue weighted by Gasteiger charge is 2.37. The van der Waals surface area contributed by atoms with Crippen LogP contribution in [0.4, 0.5) is 13.2 Å². The van der Waals surface area contributed by atoms with E-state index in [0.717, 1.165) is 0 Å². The zero-order valence-electron chi connectivity index (χ0n) is 9.96. The van der Waals surface area contributed by atoms with Crippen molar-refractivity contribution < 1.29 is 32.6 Å². The van der Waals surface area contributed by atoms with Crippen molar-refractivity contribution in [1.82, 2.24) is 5.32 Å². The highest BCUT2D eigenvalue weighted by molar-refractivity contribution is 8.00. The molecule has 1 aliphatic heterocycles. The molecule has 5 nitrogen and oxygen atoms in total. The Hall–Kier alpha value is -0.960. The van der Waals surface area contributed by atoms with E-state index in [4.69, 9.17) is 9.84 Å². The quantitative estimate of drug-likeness (QED) is 0.802. The maximum absolute atomic E-state index is 12.0. The maximum Gasteiger partial charge on any atom is 0.442 e. The molecular formula is C10H14F3NO4S. The fraction of sp³-hybridized carbons (Fsp3) is 0.800. The molecule has 0 saturated carbocycles. The molecule has 0 aliphatic carbocycles. The number of rotatable bonds is 5. The molecule has 0 aromatic heterocycles. The van der Waals surface area contributed by atoms with Crippen molar-refractivity contribution in [1.29, 1.82) is 0 Å². The van der Waals surface area contributed by atoms with Gasteiger partial charge in [-0.1, -0.05) is 0 Å². The average Bonchev–Trinajstić information content (AvgIpc) is 2.25. The first kappa shape index (κ1) is 16.1. The van der Waals surface area contributed by atoms with E-state index >= 15 is 0 Å². The summed E-state index contributed by atoms with van der Waals surface area (Å²) in [5, 5.41) is 11.2. The van der Waals surface area contributed by atoms with E-state index < -0.39 is 40.4 Å². The summed E-state index contributed by atoms with van der Waals surface area (Å²) in [4.78, 5) is 22.3. The molecule has 1 heterocycles. The van der Waals surface area contributed by atoms with Gasteiger partial charge in [0.2, 0.25) is 5.91 Å². The van der Waals surface area contributed by atoms with Gasteiger partial charge in [-0.2, -0.15) is 13.2 Å². The molecule has 9 heteroatoms. The number of halogens is 3. The second kappa shape index (κ2) is 6.47. The average molecular weight is 301 g/mol. The van der Waals surface area contributed by atoms with Crippen LogP contribution in [0.1, 0.15) is 19.3 Å². The Morgan fingerprint density at radius 3 is 2.37 bits per heavy atom. The van der Waals surface area contributed by atoms with Gasteiger partial charge in [0.1, 0.15) is 0 Å².